The number of aromatic nitrogens is 4. The zero-order valence-electron chi connectivity index (χ0n) is 20.1. The summed E-state index contributed by atoms with van der Waals surface area (Å²) in [5.41, 5.74) is 0.663. The number of nitrogens with zero attached hydrogens (tertiary/aromatic N) is 5. The number of nitrogens with one attached hydrogen (secondary N) is 1. The first-order valence-corrected chi connectivity index (χ1v) is 11.7. The van der Waals surface area contributed by atoms with Crippen molar-refractivity contribution in [2.75, 3.05) is 27.4 Å². The average Bonchev–Trinajstić information content (AvgIpc) is 3.53. The molecule has 0 spiro atoms. The van der Waals surface area contributed by atoms with Gasteiger partial charge in [0.05, 0.1) is 14.2 Å². The van der Waals surface area contributed by atoms with E-state index < -0.39 is 6.04 Å². The number of benzene rings is 1. The third kappa shape index (κ3) is 6.22. The van der Waals surface area contributed by atoms with E-state index in [-0.39, 0.29) is 37.6 Å². The normalized spacial score (nSPS) is 14.6. The fourth-order valence-corrected chi connectivity index (χ4v) is 4.22. The molecular weight excluding hydrogens is 440 g/mol. The molecule has 1 unspecified atom stereocenters. The fraction of sp³-hybridized carbons (Fsp3) is 0.609. The van der Waals surface area contributed by atoms with Gasteiger partial charge in [0.25, 0.3) is 0 Å². The van der Waals surface area contributed by atoms with E-state index in [2.05, 4.69) is 20.7 Å². The largest absolute Gasteiger partial charge is 0.493 e. The van der Waals surface area contributed by atoms with Crippen LogP contribution in [0.3, 0.4) is 0 Å². The smallest absolute Gasteiger partial charge is 0.246 e. The number of amides is 2. The van der Waals surface area contributed by atoms with Crippen molar-refractivity contribution in [1.29, 1.82) is 0 Å². The summed E-state index contributed by atoms with van der Waals surface area (Å²) >= 11 is 0. The summed E-state index contributed by atoms with van der Waals surface area (Å²) in [6.45, 7) is 1.90. The quantitative estimate of drug-likeness (QED) is 0.472. The van der Waals surface area contributed by atoms with Gasteiger partial charge in [0.1, 0.15) is 12.6 Å². The number of carbonyl (C=O) groups excluding carboxylic acids is 2. The summed E-state index contributed by atoms with van der Waals surface area (Å²) in [6, 6.07) is 4.80. The predicted molar refractivity (Wildman–Crippen MR) is 124 cm³/mol. The molecule has 2 N–H and O–H groups in total. The Morgan fingerprint density at radius 3 is 2.62 bits per heavy atom. The molecule has 34 heavy (non-hydrogen) atoms. The first-order chi connectivity index (χ1) is 16.5. The third-order valence-corrected chi connectivity index (χ3v) is 6.02. The standard InChI is InChI=1S/C23H34N6O5/c1-4-18(23(32)24-17-8-5-6-9-17)28(12-7-13-30)21(31)15-29-26-22(25-27-29)16-10-11-19(33-2)20(14-16)34-3/h10-11,14,17-18,30H,4-9,12-13,15H2,1-3H3,(H,24,32). The molecule has 1 aliphatic rings. The van der Waals surface area contributed by atoms with Crippen molar-refractivity contribution in [3.05, 3.63) is 18.2 Å². The Kier molecular flexibility index (Phi) is 9.20. The fourth-order valence-electron chi connectivity index (χ4n) is 4.22. The highest BCUT2D eigenvalue weighted by molar-refractivity contribution is 5.87. The van der Waals surface area contributed by atoms with E-state index in [1.165, 1.54) is 9.70 Å². The van der Waals surface area contributed by atoms with E-state index in [9.17, 15) is 14.7 Å². The molecule has 1 atom stereocenters. The number of hydrogen-bond acceptors (Lipinski definition) is 8. The van der Waals surface area contributed by atoms with Gasteiger partial charge in [0.15, 0.2) is 11.5 Å². The maximum absolute atomic E-state index is 13.2. The second kappa shape index (κ2) is 12.3. The molecule has 1 heterocycles. The summed E-state index contributed by atoms with van der Waals surface area (Å²) in [4.78, 5) is 28.9. The Morgan fingerprint density at radius 1 is 1.24 bits per heavy atom. The van der Waals surface area contributed by atoms with Crippen LogP contribution in [0.15, 0.2) is 18.2 Å². The molecule has 0 aliphatic heterocycles. The van der Waals surface area contributed by atoms with Crippen LogP contribution in [-0.4, -0.2) is 81.5 Å². The molecule has 11 nitrogen and oxygen atoms in total. The Labute approximate surface area is 199 Å². The van der Waals surface area contributed by atoms with Gasteiger partial charge in [0, 0.05) is 24.8 Å². The van der Waals surface area contributed by atoms with Crippen LogP contribution >= 0.6 is 0 Å². The van der Waals surface area contributed by atoms with E-state index >= 15 is 0 Å². The number of aliphatic hydroxyl groups is 1. The number of carbonyl (C=O) groups is 2. The average molecular weight is 475 g/mol. The van der Waals surface area contributed by atoms with Crippen molar-refractivity contribution in [2.45, 2.75) is 64.1 Å². The lowest BCUT2D eigenvalue weighted by Crippen LogP contribution is -2.52. The molecule has 1 fully saturated rings. The minimum Gasteiger partial charge on any atom is -0.493 e. The van der Waals surface area contributed by atoms with Crippen LogP contribution in [0.1, 0.15) is 45.4 Å². The summed E-state index contributed by atoms with van der Waals surface area (Å²) in [7, 11) is 3.09. The lowest BCUT2D eigenvalue weighted by molar-refractivity contribution is -0.142. The molecule has 1 aromatic carbocycles. The van der Waals surface area contributed by atoms with Gasteiger partial charge in [-0.3, -0.25) is 9.59 Å². The van der Waals surface area contributed by atoms with Crippen LogP contribution in [0.25, 0.3) is 11.4 Å². The highest BCUT2D eigenvalue weighted by Crippen LogP contribution is 2.30. The van der Waals surface area contributed by atoms with Crippen molar-refractivity contribution in [2.24, 2.45) is 0 Å². The molecule has 2 aromatic rings. The monoisotopic (exact) mass is 474 g/mol. The van der Waals surface area contributed by atoms with Crippen molar-refractivity contribution in [1.82, 2.24) is 30.4 Å². The zero-order valence-corrected chi connectivity index (χ0v) is 20.1. The second-order valence-corrected chi connectivity index (χ2v) is 8.29. The molecule has 3 rings (SSSR count). The molecule has 0 saturated heterocycles. The molecule has 11 heteroatoms. The van der Waals surface area contributed by atoms with Gasteiger partial charge >= 0.3 is 0 Å². The summed E-state index contributed by atoms with van der Waals surface area (Å²) in [5.74, 6) is 0.981. The Balaban J connectivity index is 1.72. The molecule has 0 bridgehead atoms. The Morgan fingerprint density at radius 2 is 1.97 bits per heavy atom. The summed E-state index contributed by atoms with van der Waals surface area (Å²) in [5, 5.41) is 24.8. The zero-order chi connectivity index (χ0) is 24.5. The Bertz CT molecular complexity index is 959. The molecule has 1 saturated carbocycles. The number of rotatable bonds is 12. The van der Waals surface area contributed by atoms with Gasteiger partial charge in [-0.1, -0.05) is 19.8 Å². The van der Waals surface area contributed by atoms with Crippen LogP contribution in [0, 0.1) is 0 Å². The molecule has 1 aliphatic carbocycles. The van der Waals surface area contributed by atoms with Crippen molar-refractivity contribution in [3.63, 3.8) is 0 Å². The summed E-state index contributed by atoms with van der Waals surface area (Å²) in [6.07, 6.45) is 4.99. The summed E-state index contributed by atoms with van der Waals surface area (Å²) < 4.78 is 10.6. The molecule has 0 radical (unpaired) electrons. The predicted octanol–water partition coefficient (Wildman–Crippen LogP) is 1.41. The van der Waals surface area contributed by atoms with Crippen LogP contribution in [0.5, 0.6) is 11.5 Å². The van der Waals surface area contributed by atoms with E-state index in [1.54, 1.807) is 32.4 Å². The van der Waals surface area contributed by atoms with Crippen molar-refractivity contribution in [3.8, 4) is 22.9 Å². The highest BCUT2D eigenvalue weighted by Gasteiger charge is 2.30. The van der Waals surface area contributed by atoms with E-state index in [4.69, 9.17) is 9.47 Å². The number of aliphatic hydroxyl groups excluding tert-OH is 1. The third-order valence-electron chi connectivity index (χ3n) is 6.02. The van der Waals surface area contributed by atoms with Gasteiger partial charge in [-0.15, -0.1) is 10.2 Å². The molecule has 186 valence electrons. The van der Waals surface area contributed by atoms with E-state index in [0.717, 1.165) is 25.7 Å². The van der Waals surface area contributed by atoms with Crippen molar-refractivity contribution < 1.29 is 24.2 Å². The van der Waals surface area contributed by atoms with Crippen molar-refractivity contribution >= 4 is 11.8 Å². The SMILES string of the molecule is CCC(C(=O)NC1CCCC1)N(CCCO)C(=O)Cn1nnc(-c2ccc(OC)c(OC)c2)n1. The van der Waals surface area contributed by atoms with E-state index in [1.807, 2.05) is 6.92 Å². The van der Waals surface area contributed by atoms with Crippen LogP contribution in [0.2, 0.25) is 0 Å². The van der Waals surface area contributed by atoms with Gasteiger partial charge in [-0.05, 0) is 49.1 Å². The topological polar surface area (TPSA) is 132 Å². The van der Waals surface area contributed by atoms with Crippen LogP contribution in [0.4, 0.5) is 0 Å². The van der Waals surface area contributed by atoms with Gasteiger partial charge in [0.2, 0.25) is 17.6 Å². The maximum Gasteiger partial charge on any atom is 0.246 e. The van der Waals surface area contributed by atoms with Crippen LogP contribution in [-0.2, 0) is 16.1 Å². The molecule has 1 aromatic heterocycles. The first-order valence-electron chi connectivity index (χ1n) is 11.7. The lowest BCUT2D eigenvalue weighted by atomic mass is 10.1. The van der Waals surface area contributed by atoms with E-state index in [0.29, 0.717) is 35.7 Å². The Hall–Kier alpha value is -3.21. The lowest BCUT2D eigenvalue weighted by Gasteiger charge is -2.31. The number of ether oxygens (including phenoxy) is 2. The molecular formula is C23H34N6O5. The molecule has 2 amide bonds. The second-order valence-electron chi connectivity index (χ2n) is 8.29. The first kappa shape index (κ1) is 25.4. The number of methoxy groups -OCH3 is 2. The van der Waals surface area contributed by atoms with Gasteiger partial charge in [-0.25, -0.2) is 0 Å². The van der Waals surface area contributed by atoms with Crippen LogP contribution < -0.4 is 14.8 Å². The minimum absolute atomic E-state index is 0.0739. The van der Waals surface area contributed by atoms with Gasteiger partial charge in [-0.2, -0.15) is 4.80 Å². The minimum atomic E-state index is -0.617. The highest BCUT2D eigenvalue weighted by atomic mass is 16.5. The number of tetrazole rings is 1. The number of hydrogen-bond donors (Lipinski definition) is 2. The van der Waals surface area contributed by atoms with Gasteiger partial charge < -0.3 is 24.8 Å². The maximum atomic E-state index is 13.2.